The van der Waals surface area contributed by atoms with Crippen molar-refractivity contribution in [2.45, 2.75) is 33.2 Å². The Morgan fingerprint density at radius 3 is 2.59 bits per heavy atom. The van der Waals surface area contributed by atoms with Gasteiger partial charge in [-0.25, -0.2) is 0 Å². The Labute approximate surface area is 167 Å². The fourth-order valence-corrected chi connectivity index (χ4v) is 3.61. The van der Waals surface area contributed by atoms with Crippen LogP contribution >= 0.6 is 23.2 Å². The minimum Gasteiger partial charge on any atom is -0.440 e. The number of hydrogen-bond donors (Lipinski definition) is 1. The van der Waals surface area contributed by atoms with Gasteiger partial charge in [-0.15, -0.1) is 0 Å². The largest absolute Gasteiger partial charge is 0.440 e. The molecule has 0 aliphatic carbocycles. The van der Waals surface area contributed by atoms with Gasteiger partial charge >= 0.3 is 0 Å². The van der Waals surface area contributed by atoms with E-state index in [1.165, 1.54) is 0 Å². The molecular weight excluding hydrogens is 385 g/mol. The van der Waals surface area contributed by atoms with Crippen LogP contribution in [0.4, 0.5) is 0 Å². The molecule has 5 nitrogen and oxygen atoms in total. The molecule has 7 heteroatoms. The predicted molar refractivity (Wildman–Crippen MR) is 106 cm³/mol. The van der Waals surface area contributed by atoms with Crippen molar-refractivity contribution in [2.75, 3.05) is 0 Å². The van der Waals surface area contributed by atoms with Crippen LogP contribution in [0.3, 0.4) is 0 Å². The Morgan fingerprint density at radius 2 is 2.00 bits per heavy atom. The molecule has 0 spiro atoms. The first kappa shape index (κ1) is 19.3. The van der Waals surface area contributed by atoms with E-state index >= 15 is 0 Å². The van der Waals surface area contributed by atoms with Crippen molar-refractivity contribution < 1.29 is 4.74 Å². The molecule has 1 atom stereocenters. The van der Waals surface area contributed by atoms with Gasteiger partial charge in [0.05, 0.1) is 21.5 Å². The molecule has 0 unspecified atom stereocenters. The second-order valence-electron chi connectivity index (χ2n) is 6.97. The van der Waals surface area contributed by atoms with Crippen LogP contribution in [0.1, 0.15) is 36.6 Å². The third-order valence-electron chi connectivity index (χ3n) is 4.51. The van der Waals surface area contributed by atoms with Gasteiger partial charge in [0.25, 0.3) is 5.56 Å². The summed E-state index contributed by atoms with van der Waals surface area (Å²) in [6.07, 6.45) is 0. The Morgan fingerprint density at radius 1 is 1.30 bits per heavy atom. The van der Waals surface area contributed by atoms with Crippen LogP contribution < -0.4 is 16.0 Å². The van der Waals surface area contributed by atoms with Gasteiger partial charge in [0.2, 0.25) is 5.88 Å². The number of nitrogens with zero attached hydrogens (tertiary/aromatic N) is 2. The Balaban J connectivity index is 2.31. The first-order chi connectivity index (χ1) is 12.7. The van der Waals surface area contributed by atoms with Crippen LogP contribution in [0.5, 0.6) is 5.75 Å². The first-order valence-corrected chi connectivity index (χ1v) is 9.27. The number of nitrogens with two attached hydrogens (primary N) is 1. The van der Waals surface area contributed by atoms with Gasteiger partial charge in [-0.2, -0.15) is 5.26 Å². The number of allylic oxidation sites excluding steroid dienone is 1. The molecule has 0 fully saturated rings. The molecule has 1 aliphatic rings. The lowest BCUT2D eigenvalue weighted by atomic mass is 9.84. The Hall–Kier alpha value is -2.42. The highest BCUT2D eigenvalue weighted by Gasteiger charge is 2.34. The van der Waals surface area contributed by atoms with Crippen LogP contribution in [-0.2, 0) is 6.54 Å². The molecule has 0 amide bonds. The molecular formula is C20H19Cl2N3O2. The van der Waals surface area contributed by atoms with Gasteiger partial charge in [-0.1, -0.05) is 43.1 Å². The summed E-state index contributed by atoms with van der Waals surface area (Å²) in [5.41, 5.74) is 7.78. The normalized spacial score (nSPS) is 16.1. The lowest BCUT2D eigenvalue weighted by Crippen LogP contribution is -2.33. The molecule has 3 rings (SSSR count). The van der Waals surface area contributed by atoms with Gasteiger partial charge in [0.15, 0.2) is 0 Å². The second kappa shape index (κ2) is 7.30. The summed E-state index contributed by atoms with van der Waals surface area (Å²) in [6.45, 7) is 6.49. The van der Waals surface area contributed by atoms with E-state index in [0.717, 1.165) is 5.69 Å². The molecule has 2 aromatic rings. The maximum Gasteiger partial charge on any atom is 0.258 e. The summed E-state index contributed by atoms with van der Waals surface area (Å²) in [6, 6.07) is 8.90. The van der Waals surface area contributed by atoms with E-state index in [9.17, 15) is 10.1 Å². The third-order valence-corrected chi connectivity index (χ3v) is 5.25. The highest BCUT2D eigenvalue weighted by molar-refractivity contribution is 6.42. The molecule has 1 aromatic carbocycles. The number of pyridine rings is 1. The van der Waals surface area contributed by atoms with Gasteiger partial charge in [0.1, 0.15) is 17.4 Å². The van der Waals surface area contributed by atoms with Crippen LogP contribution in [0.2, 0.25) is 10.0 Å². The van der Waals surface area contributed by atoms with E-state index in [2.05, 4.69) is 6.07 Å². The smallest absolute Gasteiger partial charge is 0.258 e. The van der Waals surface area contributed by atoms with Crippen molar-refractivity contribution in [1.82, 2.24) is 4.57 Å². The van der Waals surface area contributed by atoms with E-state index < -0.39 is 5.92 Å². The van der Waals surface area contributed by atoms with Crippen molar-refractivity contribution in [1.29, 1.82) is 5.26 Å². The number of aryl methyl sites for hydroxylation is 1. The van der Waals surface area contributed by atoms with E-state index in [1.54, 1.807) is 28.8 Å². The first-order valence-electron chi connectivity index (χ1n) is 8.51. The van der Waals surface area contributed by atoms with Gasteiger partial charge in [-0.05, 0) is 30.5 Å². The summed E-state index contributed by atoms with van der Waals surface area (Å²) < 4.78 is 7.33. The van der Waals surface area contributed by atoms with E-state index in [-0.39, 0.29) is 22.9 Å². The zero-order valence-electron chi connectivity index (χ0n) is 15.2. The highest BCUT2D eigenvalue weighted by atomic mass is 35.5. The summed E-state index contributed by atoms with van der Waals surface area (Å²) in [5, 5.41) is 10.4. The molecule has 140 valence electrons. The zero-order valence-corrected chi connectivity index (χ0v) is 16.7. The second-order valence-corrected chi connectivity index (χ2v) is 7.79. The van der Waals surface area contributed by atoms with Crippen molar-refractivity contribution >= 4 is 23.2 Å². The average Bonchev–Trinajstić information content (AvgIpc) is 2.59. The lowest BCUT2D eigenvalue weighted by Gasteiger charge is -2.27. The molecule has 1 aliphatic heterocycles. The Bertz CT molecular complexity index is 1050. The maximum atomic E-state index is 13.3. The van der Waals surface area contributed by atoms with Crippen LogP contribution in [0, 0.1) is 24.2 Å². The van der Waals surface area contributed by atoms with E-state index in [1.807, 2.05) is 20.8 Å². The van der Waals surface area contributed by atoms with Crippen molar-refractivity contribution in [2.24, 2.45) is 11.7 Å². The fourth-order valence-electron chi connectivity index (χ4n) is 3.30. The lowest BCUT2D eigenvalue weighted by molar-refractivity contribution is 0.386. The molecule has 27 heavy (non-hydrogen) atoms. The van der Waals surface area contributed by atoms with Crippen LogP contribution in [0.15, 0.2) is 40.5 Å². The van der Waals surface area contributed by atoms with Gasteiger partial charge < -0.3 is 15.0 Å². The third kappa shape index (κ3) is 3.43. The minimum absolute atomic E-state index is 0.0125. The number of ether oxygens (including phenoxy) is 1. The highest BCUT2D eigenvalue weighted by Crippen LogP contribution is 2.41. The number of hydrogen-bond acceptors (Lipinski definition) is 4. The maximum absolute atomic E-state index is 13.3. The predicted octanol–water partition coefficient (Wildman–Crippen LogP) is 4.34. The quantitative estimate of drug-likeness (QED) is 0.825. The summed E-state index contributed by atoms with van der Waals surface area (Å²) in [4.78, 5) is 13.3. The topological polar surface area (TPSA) is 81.0 Å². The number of rotatable bonds is 3. The molecule has 1 aromatic heterocycles. The molecule has 0 bridgehead atoms. The fraction of sp³-hybridized carbons (Fsp3) is 0.300. The van der Waals surface area contributed by atoms with Gasteiger partial charge in [0, 0.05) is 18.3 Å². The molecule has 2 N–H and O–H groups in total. The molecule has 0 radical (unpaired) electrons. The standard InChI is InChI=1S/C20H19Cl2N3O2/c1-10(2)9-25-11(3)6-16-18(20(25)26)17(13(8-23)19(24)27-16)12-4-5-14(21)15(22)7-12/h4-7,10,17H,9,24H2,1-3H3/t17-/m1/s1. The minimum atomic E-state index is -0.667. The van der Waals surface area contributed by atoms with Crippen LogP contribution in [0.25, 0.3) is 0 Å². The van der Waals surface area contributed by atoms with E-state index in [4.69, 9.17) is 33.7 Å². The number of halogens is 2. The summed E-state index contributed by atoms with van der Waals surface area (Å²) >= 11 is 12.2. The summed E-state index contributed by atoms with van der Waals surface area (Å²) in [7, 11) is 0. The Kier molecular flexibility index (Phi) is 5.23. The van der Waals surface area contributed by atoms with Crippen molar-refractivity contribution in [3.05, 3.63) is 72.9 Å². The SMILES string of the molecule is Cc1cc2c(c(=O)n1CC(C)C)[C@H](c1ccc(Cl)c(Cl)c1)C(C#N)=C(N)O2. The number of aromatic nitrogens is 1. The number of nitriles is 1. The van der Waals surface area contributed by atoms with Crippen molar-refractivity contribution in [3.63, 3.8) is 0 Å². The zero-order chi connectivity index (χ0) is 19.9. The van der Waals surface area contributed by atoms with Crippen molar-refractivity contribution in [3.8, 4) is 11.8 Å². The molecule has 2 heterocycles. The van der Waals surface area contributed by atoms with E-state index in [0.29, 0.717) is 33.5 Å². The van der Waals surface area contributed by atoms with Gasteiger partial charge in [-0.3, -0.25) is 4.79 Å². The monoisotopic (exact) mass is 403 g/mol. The summed E-state index contributed by atoms with van der Waals surface area (Å²) in [5.74, 6) is -0.0324. The number of benzene rings is 1. The number of fused-ring (bicyclic) bond motifs is 1. The van der Waals surface area contributed by atoms with Crippen LogP contribution in [-0.4, -0.2) is 4.57 Å². The molecule has 0 saturated carbocycles. The average molecular weight is 404 g/mol. The molecule has 0 saturated heterocycles.